The third-order valence-electron chi connectivity index (χ3n) is 2.95. The predicted octanol–water partition coefficient (Wildman–Crippen LogP) is 3.39. The zero-order valence-electron chi connectivity index (χ0n) is 10.9. The lowest BCUT2D eigenvalue weighted by Crippen LogP contribution is -2.35. The van der Waals surface area contributed by atoms with Gasteiger partial charge >= 0.3 is 0 Å². The van der Waals surface area contributed by atoms with E-state index < -0.39 is 3.23 Å². The van der Waals surface area contributed by atoms with Crippen molar-refractivity contribution >= 4 is 43.6 Å². The van der Waals surface area contributed by atoms with E-state index in [2.05, 4.69) is 50.7 Å². The van der Waals surface area contributed by atoms with Gasteiger partial charge in [-0.2, -0.15) is 0 Å². The van der Waals surface area contributed by atoms with Gasteiger partial charge in [-0.1, -0.05) is 51.8 Å². The standard InChI is InChI=1S/C13H16Br2N2O2/c1-9(2)5-7-19-8-17-11-10(4-3-6-16-11)13(14,15)12(17)18/h3-4,6,9H,5,7-8H2,1-2H3. The Kier molecular flexibility index (Phi) is 4.63. The van der Waals surface area contributed by atoms with Gasteiger partial charge in [0.1, 0.15) is 12.5 Å². The Morgan fingerprint density at radius 3 is 2.89 bits per heavy atom. The molecule has 0 atom stereocenters. The minimum atomic E-state index is -0.884. The Hall–Kier alpha value is -0.460. The smallest absolute Gasteiger partial charge is 0.262 e. The summed E-state index contributed by atoms with van der Waals surface area (Å²) in [6.45, 7) is 5.15. The number of halogens is 2. The number of anilines is 1. The predicted molar refractivity (Wildman–Crippen MR) is 81.5 cm³/mol. The van der Waals surface area contributed by atoms with Gasteiger partial charge < -0.3 is 4.74 Å². The van der Waals surface area contributed by atoms with Crippen LogP contribution in [0.2, 0.25) is 0 Å². The number of hydrogen-bond donors (Lipinski definition) is 0. The molecule has 19 heavy (non-hydrogen) atoms. The molecular weight excluding hydrogens is 376 g/mol. The first-order valence-corrected chi connectivity index (χ1v) is 7.76. The summed E-state index contributed by atoms with van der Waals surface area (Å²) in [7, 11) is 0. The summed E-state index contributed by atoms with van der Waals surface area (Å²) in [6.07, 6.45) is 2.65. The van der Waals surface area contributed by atoms with Crippen molar-refractivity contribution in [2.75, 3.05) is 18.2 Å². The third kappa shape index (κ3) is 3.01. The highest BCUT2D eigenvalue weighted by molar-refractivity contribution is 9.25. The molecule has 0 radical (unpaired) electrons. The maximum atomic E-state index is 12.3. The maximum Gasteiger partial charge on any atom is 0.262 e. The van der Waals surface area contributed by atoms with Gasteiger partial charge in [-0.25, -0.2) is 4.98 Å². The lowest BCUT2D eigenvalue weighted by atomic mass is 10.1. The number of aromatic nitrogens is 1. The van der Waals surface area contributed by atoms with E-state index in [0.29, 0.717) is 18.3 Å². The Morgan fingerprint density at radius 2 is 2.21 bits per heavy atom. The minimum Gasteiger partial charge on any atom is -0.361 e. The van der Waals surface area contributed by atoms with Gasteiger partial charge in [-0.3, -0.25) is 9.69 Å². The van der Waals surface area contributed by atoms with E-state index in [0.717, 1.165) is 12.0 Å². The second-order valence-corrected chi connectivity index (χ2v) is 8.35. The van der Waals surface area contributed by atoms with Gasteiger partial charge in [0.15, 0.2) is 3.23 Å². The van der Waals surface area contributed by atoms with Crippen molar-refractivity contribution in [2.45, 2.75) is 23.5 Å². The molecule has 0 bridgehead atoms. The van der Waals surface area contributed by atoms with Gasteiger partial charge in [0.2, 0.25) is 0 Å². The van der Waals surface area contributed by atoms with E-state index in [4.69, 9.17) is 4.74 Å². The average Bonchev–Trinajstić information content (AvgIpc) is 2.55. The fourth-order valence-electron chi connectivity index (χ4n) is 1.83. The van der Waals surface area contributed by atoms with Gasteiger partial charge in [0.05, 0.1) is 0 Å². The second-order valence-electron chi connectivity index (χ2n) is 4.90. The number of amides is 1. The van der Waals surface area contributed by atoms with Crippen molar-refractivity contribution in [2.24, 2.45) is 5.92 Å². The van der Waals surface area contributed by atoms with Crippen molar-refractivity contribution in [3.05, 3.63) is 23.9 Å². The average molecular weight is 392 g/mol. The number of hydrogen-bond acceptors (Lipinski definition) is 3. The molecule has 2 rings (SSSR count). The first-order valence-electron chi connectivity index (χ1n) is 6.17. The normalized spacial score (nSPS) is 17.1. The molecule has 2 heterocycles. The largest absolute Gasteiger partial charge is 0.361 e. The molecule has 1 aliphatic rings. The van der Waals surface area contributed by atoms with Crippen molar-refractivity contribution in [1.82, 2.24) is 4.98 Å². The number of pyridine rings is 1. The molecule has 0 fully saturated rings. The van der Waals surface area contributed by atoms with Crippen molar-refractivity contribution in [3.63, 3.8) is 0 Å². The molecule has 0 unspecified atom stereocenters. The van der Waals surface area contributed by atoms with E-state index in [1.54, 1.807) is 11.1 Å². The van der Waals surface area contributed by atoms with E-state index in [-0.39, 0.29) is 12.6 Å². The van der Waals surface area contributed by atoms with Crippen LogP contribution in [0.5, 0.6) is 0 Å². The zero-order valence-corrected chi connectivity index (χ0v) is 14.1. The van der Waals surface area contributed by atoms with E-state index in [9.17, 15) is 4.79 Å². The van der Waals surface area contributed by atoms with Crippen molar-refractivity contribution in [1.29, 1.82) is 0 Å². The highest BCUT2D eigenvalue weighted by Gasteiger charge is 2.48. The number of rotatable bonds is 5. The highest BCUT2D eigenvalue weighted by Crippen LogP contribution is 2.49. The van der Waals surface area contributed by atoms with E-state index >= 15 is 0 Å². The Morgan fingerprint density at radius 1 is 1.47 bits per heavy atom. The molecule has 0 N–H and O–H groups in total. The molecule has 1 aromatic rings. The lowest BCUT2D eigenvalue weighted by molar-refractivity contribution is -0.119. The Labute approximate surface area is 129 Å². The number of carbonyl (C=O) groups excluding carboxylic acids is 1. The quantitative estimate of drug-likeness (QED) is 0.570. The second kappa shape index (κ2) is 5.89. The first-order chi connectivity index (χ1) is 8.94. The minimum absolute atomic E-state index is 0.106. The molecule has 0 aliphatic carbocycles. The molecule has 104 valence electrons. The van der Waals surface area contributed by atoms with E-state index in [1.807, 2.05) is 12.1 Å². The number of ether oxygens (including phenoxy) is 1. The van der Waals surface area contributed by atoms with Crippen LogP contribution in [0, 0.1) is 5.92 Å². The van der Waals surface area contributed by atoms with Crippen molar-refractivity contribution < 1.29 is 9.53 Å². The van der Waals surface area contributed by atoms with Crippen LogP contribution < -0.4 is 4.90 Å². The summed E-state index contributed by atoms with van der Waals surface area (Å²) in [5, 5.41) is 0. The molecular formula is C13H16Br2N2O2. The highest BCUT2D eigenvalue weighted by atomic mass is 79.9. The van der Waals surface area contributed by atoms with Gasteiger partial charge in [-0.15, -0.1) is 0 Å². The van der Waals surface area contributed by atoms with Crippen LogP contribution in [-0.4, -0.2) is 24.2 Å². The van der Waals surface area contributed by atoms with Crippen LogP contribution in [-0.2, 0) is 12.8 Å². The fourth-order valence-corrected chi connectivity index (χ4v) is 2.88. The molecule has 1 amide bonds. The van der Waals surface area contributed by atoms with Crippen LogP contribution in [0.25, 0.3) is 0 Å². The molecule has 0 aromatic carbocycles. The Balaban J connectivity index is 2.08. The summed E-state index contributed by atoms with van der Waals surface area (Å²) >= 11 is 6.82. The van der Waals surface area contributed by atoms with Crippen LogP contribution >= 0.6 is 31.9 Å². The fraction of sp³-hybridized carbons (Fsp3) is 0.538. The summed E-state index contributed by atoms with van der Waals surface area (Å²) in [5.41, 5.74) is 0.812. The lowest BCUT2D eigenvalue weighted by Gasteiger charge is -2.18. The number of fused-ring (bicyclic) bond motifs is 1. The SMILES string of the molecule is CC(C)CCOCN1C(=O)C(Br)(Br)c2cccnc21. The molecule has 1 aliphatic heterocycles. The van der Waals surface area contributed by atoms with Crippen LogP contribution in [0.1, 0.15) is 25.8 Å². The molecule has 0 saturated heterocycles. The Bertz CT molecular complexity index is 477. The van der Waals surface area contributed by atoms with Gasteiger partial charge in [0.25, 0.3) is 5.91 Å². The first kappa shape index (κ1) is 14.9. The molecule has 4 nitrogen and oxygen atoms in total. The van der Waals surface area contributed by atoms with E-state index in [1.165, 1.54) is 0 Å². The molecule has 0 spiro atoms. The zero-order chi connectivity index (χ0) is 14.0. The van der Waals surface area contributed by atoms with Crippen LogP contribution in [0.3, 0.4) is 0 Å². The number of carbonyl (C=O) groups is 1. The monoisotopic (exact) mass is 390 g/mol. The molecule has 0 saturated carbocycles. The summed E-state index contributed by atoms with van der Waals surface area (Å²) in [4.78, 5) is 18.1. The van der Waals surface area contributed by atoms with Gasteiger partial charge in [-0.05, 0) is 18.4 Å². The van der Waals surface area contributed by atoms with Crippen LogP contribution in [0.15, 0.2) is 18.3 Å². The third-order valence-corrected chi connectivity index (χ3v) is 4.49. The maximum absolute atomic E-state index is 12.3. The molecule has 1 aromatic heterocycles. The number of alkyl halides is 2. The van der Waals surface area contributed by atoms with Crippen LogP contribution in [0.4, 0.5) is 5.82 Å². The summed E-state index contributed by atoms with van der Waals surface area (Å²) < 4.78 is 4.69. The summed E-state index contributed by atoms with van der Waals surface area (Å²) in [6, 6.07) is 3.68. The van der Waals surface area contributed by atoms with Gasteiger partial charge in [0, 0.05) is 18.4 Å². The topological polar surface area (TPSA) is 42.4 Å². The summed E-state index contributed by atoms with van der Waals surface area (Å²) in [5.74, 6) is 1.13. The van der Waals surface area contributed by atoms with Crippen molar-refractivity contribution in [3.8, 4) is 0 Å². The number of nitrogens with zero attached hydrogens (tertiary/aromatic N) is 2. The molecule has 6 heteroatoms.